The number of hydrogen-bond acceptors (Lipinski definition) is 4. The molecule has 86 valence electrons. The average Bonchev–Trinajstić information content (AvgIpc) is 2.13. The molecule has 0 radical (unpaired) electrons. The van der Waals surface area contributed by atoms with Crippen LogP contribution in [0.15, 0.2) is 11.6 Å². The van der Waals surface area contributed by atoms with Gasteiger partial charge in [-0.2, -0.15) is 0 Å². The standard InChI is InChI=1S/C9H16N2O4/c1-5(4-7(11)9(14)15)2-3-6(10)8(12)13/h2,6-7H,3-4,10-11H2,1H3,(H,12,13)(H,14,15)/b5-2+. The molecule has 15 heavy (non-hydrogen) atoms. The molecule has 0 heterocycles. The molecule has 2 unspecified atom stereocenters. The van der Waals surface area contributed by atoms with Crippen LogP contribution in [-0.2, 0) is 9.59 Å². The number of carbonyl (C=O) groups is 2. The van der Waals surface area contributed by atoms with Gasteiger partial charge in [0.05, 0.1) is 0 Å². The molecule has 0 spiro atoms. The van der Waals surface area contributed by atoms with Crippen LogP contribution in [0.5, 0.6) is 0 Å². The molecule has 0 aromatic rings. The van der Waals surface area contributed by atoms with Gasteiger partial charge >= 0.3 is 11.9 Å². The van der Waals surface area contributed by atoms with Crippen molar-refractivity contribution < 1.29 is 19.8 Å². The average molecular weight is 216 g/mol. The highest BCUT2D eigenvalue weighted by Gasteiger charge is 2.13. The summed E-state index contributed by atoms with van der Waals surface area (Å²) in [6, 6.07) is -1.91. The van der Waals surface area contributed by atoms with E-state index in [-0.39, 0.29) is 12.8 Å². The Morgan fingerprint density at radius 2 is 1.67 bits per heavy atom. The summed E-state index contributed by atoms with van der Waals surface area (Å²) in [4.78, 5) is 20.8. The lowest BCUT2D eigenvalue weighted by atomic mass is 10.1. The van der Waals surface area contributed by atoms with Crippen molar-refractivity contribution >= 4 is 11.9 Å². The molecule has 6 heteroatoms. The second kappa shape index (κ2) is 6.15. The summed E-state index contributed by atoms with van der Waals surface area (Å²) in [6.45, 7) is 1.69. The van der Waals surface area contributed by atoms with Crippen molar-refractivity contribution in [2.75, 3.05) is 0 Å². The Bertz CT molecular complexity index is 275. The first-order valence-electron chi connectivity index (χ1n) is 4.47. The van der Waals surface area contributed by atoms with Gasteiger partial charge in [-0.15, -0.1) is 0 Å². The number of hydrogen-bond donors (Lipinski definition) is 4. The van der Waals surface area contributed by atoms with Crippen molar-refractivity contribution in [2.24, 2.45) is 11.5 Å². The maximum atomic E-state index is 10.4. The van der Waals surface area contributed by atoms with E-state index in [0.717, 1.165) is 5.57 Å². The van der Waals surface area contributed by atoms with E-state index < -0.39 is 24.0 Å². The van der Waals surface area contributed by atoms with E-state index in [1.807, 2.05) is 0 Å². The fourth-order valence-corrected chi connectivity index (χ4v) is 0.946. The summed E-state index contributed by atoms with van der Waals surface area (Å²) in [6.07, 6.45) is 1.97. The maximum absolute atomic E-state index is 10.4. The Labute approximate surface area is 87.6 Å². The van der Waals surface area contributed by atoms with Crippen LogP contribution >= 0.6 is 0 Å². The van der Waals surface area contributed by atoms with Crippen LogP contribution < -0.4 is 11.5 Å². The second-order valence-corrected chi connectivity index (χ2v) is 3.38. The van der Waals surface area contributed by atoms with Crippen molar-refractivity contribution in [3.8, 4) is 0 Å². The summed E-state index contributed by atoms with van der Waals surface area (Å²) in [5, 5.41) is 17.0. The molecular formula is C9H16N2O4. The topological polar surface area (TPSA) is 127 Å². The van der Waals surface area contributed by atoms with E-state index >= 15 is 0 Å². The third-order valence-corrected chi connectivity index (χ3v) is 1.90. The zero-order valence-electron chi connectivity index (χ0n) is 8.51. The fourth-order valence-electron chi connectivity index (χ4n) is 0.946. The number of carboxylic acids is 2. The SMILES string of the molecule is C/C(=C\CC(N)C(=O)O)CC(N)C(=O)O. The molecule has 0 saturated heterocycles. The molecule has 0 aromatic heterocycles. The lowest BCUT2D eigenvalue weighted by Crippen LogP contribution is -2.31. The third-order valence-electron chi connectivity index (χ3n) is 1.90. The molecule has 6 nitrogen and oxygen atoms in total. The minimum atomic E-state index is -1.08. The lowest BCUT2D eigenvalue weighted by Gasteiger charge is -2.07. The minimum Gasteiger partial charge on any atom is -0.480 e. The summed E-state index contributed by atoms with van der Waals surface area (Å²) < 4.78 is 0. The highest BCUT2D eigenvalue weighted by molar-refractivity contribution is 5.74. The van der Waals surface area contributed by atoms with Crippen LogP contribution in [0.4, 0.5) is 0 Å². The van der Waals surface area contributed by atoms with Gasteiger partial charge in [0.1, 0.15) is 12.1 Å². The van der Waals surface area contributed by atoms with Crippen LogP contribution in [-0.4, -0.2) is 34.2 Å². The molecule has 0 aromatic carbocycles. The molecule has 0 rings (SSSR count). The second-order valence-electron chi connectivity index (χ2n) is 3.38. The Morgan fingerprint density at radius 1 is 1.20 bits per heavy atom. The molecule has 0 aliphatic carbocycles. The van der Waals surface area contributed by atoms with Gasteiger partial charge in [0.2, 0.25) is 0 Å². The first kappa shape index (κ1) is 13.6. The summed E-state index contributed by atoms with van der Waals surface area (Å²) in [7, 11) is 0. The maximum Gasteiger partial charge on any atom is 0.320 e. The predicted octanol–water partition coefficient (Wildman–Crippen LogP) is -0.463. The zero-order chi connectivity index (χ0) is 12.0. The smallest absolute Gasteiger partial charge is 0.320 e. The fraction of sp³-hybridized carbons (Fsp3) is 0.556. The molecular weight excluding hydrogens is 200 g/mol. The molecule has 0 amide bonds. The van der Waals surface area contributed by atoms with Crippen LogP contribution in [0.2, 0.25) is 0 Å². The van der Waals surface area contributed by atoms with Gasteiger partial charge in [-0.25, -0.2) is 0 Å². The molecule has 0 saturated carbocycles. The van der Waals surface area contributed by atoms with Gasteiger partial charge < -0.3 is 21.7 Å². The van der Waals surface area contributed by atoms with Gasteiger partial charge in [-0.3, -0.25) is 9.59 Å². The summed E-state index contributed by atoms with van der Waals surface area (Å²) in [5.41, 5.74) is 11.3. The van der Waals surface area contributed by atoms with Gasteiger partial charge in [-0.1, -0.05) is 11.6 Å². The van der Waals surface area contributed by atoms with Gasteiger partial charge in [0.15, 0.2) is 0 Å². The van der Waals surface area contributed by atoms with Crippen LogP contribution in [0.3, 0.4) is 0 Å². The molecule has 0 aliphatic heterocycles. The van der Waals surface area contributed by atoms with E-state index in [4.69, 9.17) is 21.7 Å². The zero-order valence-corrected chi connectivity index (χ0v) is 8.51. The molecule has 0 bridgehead atoms. The molecule has 0 fully saturated rings. The molecule has 0 aliphatic rings. The Morgan fingerprint density at radius 3 is 2.07 bits per heavy atom. The van der Waals surface area contributed by atoms with Gasteiger partial charge in [0.25, 0.3) is 0 Å². The summed E-state index contributed by atoms with van der Waals surface area (Å²) in [5.74, 6) is -2.16. The summed E-state index contributed by atoms with van der Waals surface area (Å²) >= 11 is 0. The largest absolute Gasteiger partial charge is 0.480 e. The van der Waals surface area contributed by atoms with E-state index in [0.29, 0.717) is 0 Å². The number of aliphatic carboxylic acids is 2. The minimum absolute atomic E-state index is 0.174. The molecule has 6 N–H and O–H groups in total. The van der Waals surface area contributed by atoms with Crippen LogP contribution in [0.25, 0.3) is 0 Å². The Hall–Kier alpha value is -1.40. The molecule has 2 atom stereocenters. The quantitative estimate of drug-likeness (QED) is 0.445. The first-order valence-corrected chi connectivity index (χ1v) is 4.47. The predicted molar refractivity (Wildman–Crippen MR) is 54.2 cm³/mol. The van der Waals surface area contributed by atoms with Crippen molar-refractivity contribution in [1.29, 1.82) is 0 Å². The first-order chi connectivity index (χ1) is 6.84. The van der Waals surface area contributed by atoms with E-state index in [1.54, 1.807) is 13.0 Å². The van der Waals surface area contributed by atoms with E-state index in [2.05, 4.69) is 0 Å². The van der Waals surface area contributed by atoms with Crippen molar-refractivity contribution in [3.05, 3.63) is 11.6 Å². The van der Waals surface area contributed by atoms with Gasteiger partial charge in [0, 0.05) is 0 Å². The van der Waals surface area contributed by atoms with Crippen molar-refractivity contribution in [1.82, 2.24) is 0 Å². The van der Waals surface area contributed by atoms with Gasteiger partial charge in [-0.05, 0) is 19.8 Å². The Balaban J connectivity index is 4.10. The van der Waals surface area contributed by atoms with Crippen molar-refractivity contribution in [3.63, 3.8) is 0 Å². The highest BCUT2D eigenvalue weighted by atomic mass is 16.4. The third kappa shape index (κ3) is 5.82. The lowest BCUT2D eigenvalue weighted by molar-refractivity contribution is -0.139. The number of nitrogens with two attached hydrogens (primary N) is 2. The Kier molecular flexibility index (Phi) is 5.58. The normalized spacial score (nSPS) is 15.8. The van der Waals surface area contributed by atoms with Crippen molar-refractivity contribution in [2.45, 2.75) is 31.8 Å². The van der Waals surface area contributed by atoms with E-state index in [9.17, 15) is 9.59 Å². The number of rotatable bonds is 6. The van der Waals surface area contributed by atoms with Crippen LogP contribution in [0, 0.1) is 0 Å². The van der Waals surface area contributed by atoms with E-state index in [1.165, 1.54) is 0 Å². The highest BCUT2D eigenvalue weighted by Crippen LogP contribution is 2.05. The van der Waals surface area contributed by atoms with Crippen LogP contribution in [0.1, 0.15) is 19.8 Å². The monoisotopic (exact) mass is 216 g/mol. The number of carboxylic acid groups (broad SMARTS) is 2.